The fourth-order valence-corrected chi connectivity index (χ4v) is 1.76. The highest BCUT2D eigenvalue weighted by Gasteiger charge is 2.06. The fraction of sp³-hybridized carbons (Fsp3) is 0.300. The predicted molar refractivity (Wildman–Crippen MR) is 55.0 cm³/mol. The zero-order chi connectivity index (χ0) is 9.68. The highest BCUT2D eigenvalue weighted by molar-refractivity contribution is 8.00. The molecule has 0 spiro atoms. The van der Waals surface area contributed by atoms with Crippen LogP contribution in [0.25, 0.3) is 0 Å². The normalized spacial score (nSPS) is 12.4. The van der Waals surface area contributed by atoms with Gasteiger partial charge >= 0.3 is 5.97 Å². The minimum absolute atomic E-state index is 0.163. The van der Waals surface area contributed by atoms with Gasteiger partial charge in [0.25, 0.3) is 0 Å². The number of aliphatic carboxylic acids is 1. The van der Waals surface area contributed by atoms with Crippen LogP contribution < -0.4 is 0 Å². The van der Waals surface area contributed by atoms with Crippen molar-refractivity contribution in [3.63, 3.8) is 0 Å². The van der Waals surface area contributed by atoms with Gasteiger partial charge in [0.15, 0.2) is 0 Å². The number of benzene rings is 1. The fourth-order valence-electron chi connectivity index (χ4n) is 1.02. The predicted octanol–water partition coefficient (Wildman–Crippen LogP) is 2.57. The summed E-state index contributed by atoms with van der Waals surface area (Å²) in [6.45, 7) is 2.02. The van der Waals surface area contributed by atoms with Gasteiger partial charge in [-0.05, 0) is 12.5 Å². The lowest BCUT2D eigenvalue weighted by molar-refractivity contribution is -0.133. The summed E-state index contributed by atoms with van der Waals surface area (Å²) >= 11 is 1.44. The maximum atomic E-state index is 10.3. The van der Waals surface area contributed by atoms with E-state index in [0.29, 0.717) is 0 Å². The highest BCUT2D eigenvalue weighted by Crippen LogP contribution is 2.27. The number of thioether (sulfide) groups is 1. The molecule has 0 aromatic heterocycles. The Morgan fingerprint density at radius 3 is 2.62 bits per heavy atom. The maximum Gasteiger partial charge on any atom is 0.313 e. The molecule has 0 unspecified atom stereocenters. The van der Waals surface area contributed by atoms with Gasteiger partial charge in [0.1, 0.15) is 0 Å². The number of carboxylic acids is 1. The molecule has 2 nitrogen and oxygen atoms in total. The summed E-state index contributed by atoms with van der Waals surface area (Å²) in [6.07, 6.45) is 0. The van der Waals surface area contributed by atoms with Crippen molar-refractivity contribution < 1.29 is 9.90 Å². The van der Waals surface area contributed by atoms with Gasteiger partial charge in [0.2, 0.25) is 0 Å². The van der Waals surface area contributed by atoms with Crippen molar-refractivity contribution in [3.05, 3.63) is 35.9 Å². The second-order valence-electron chi connectivity index (χ2n) is 2.76. The highest BCUT2D eigenvalue weighted by atomic mass is 32.2. The number of carbonyl (C=O) groups is 1. The van der Waals surface area contributed by atoms with Crippen LogP contribution in [-0.2, 0) is 4.79 Å². The molecule has 0 saturated carbocycles. The molecule has 0 radical (unpaired) electrons. The Kier molecular flexibility index (Phi) is 3.83. The lowest BCUT2D eigenvalue weighted by atomic mass is 10.2. The van der Waals surface area contributed by atoms with Gasteiger partial charge in [0.05, 0.1) is 5.75 Å². The summed E-state index contributed by atoms with van der Waals surface area (Å²) in [7, 11) is 0. The number of carboxylic acid groups (broad SMARTS) is 1. The van der Waals surface area contributed by atoms with Crippen molar-refractivity contribution in [1.82, 2.24) is 0 Å². The zero-order valence-electron chi connectivity index (χ0n) is 7.43. The molecule has 70 valence electrons. The Labute approximate surface area is 82.0 Å². The summed E-state index contributed by atoms with van der Waals surface area (Å²) in [4.78, 5) is 10.3. The van der Waals surface area contributed by atoms with E-state index in [-0.39, 0.29) is 11.0 Å². The quantitative estimate of drug-likeness (QED) is 0.804. The number of rotatable bonds is 4. The van der Waals surface area contributed by atoms with E-state index in [1.54, 1.807) is 0 Å². The Morgan fingerprint density at radius 2 is 2.08 bits per heavy atom. The minimum Gasteiger partial charge on any atom is -0.481 e. The van der Waals surface area contributed by atoms with Crippen LogP contribution in [0.5, 0.6) is 0 Å². The first kappa shape index (κ1) is 10.1. The molecule has 13 heavy (non-hydrogen) atoms. The van der Waals surface area contributed by atoms with E-state index in [9.17, 15) is 4.79 Å². The SMILES string of the molecule is C[C@@H](SCC(=O)O)c1ccccc1. The van der Waals surface area contributed by atoms with E-state index in [1.165, 1.54) is 17.3 Å². The van der Waals surface area contributed by atoms with Gasteiger partial charge in [-0.3, -0.25) is 4.79 Å². The molecule has 0 fully saturated rings. The Balaban J connectivity index is 2.49. The lowest BCUT2D eigenvalue weighted by Crippen LogP contribution is -2.00. The van der Waals surface area contributed by atoms with Crippen molar-refractivity contribution in [2.75, 3.05) is 5.75 Å². The standard InChI is InChI=1S/C10H12O2S/c1-8(13-7-10(11)12)9-5-3-2-4-6-9/h2-6,8H,7H2,1H3,(H,11,12)/t8-/m1/s1. The van der Waals surface area contributed by atoms with Crippen LogP contribution in [0.1, 0.15) is 17.7 Å². The van der Waals surface area contributed by atoms with Gasteiger partial charge < -0.3 is 5.11 Å². The molecule has 1 aromatic carbocycles. The lowest BCUT2D eigenvalue weighted by Gasteiger charge is -2.09. The average molecular weight is 196 g/mol. The van der Waals surface area contributed by atoms with Crippen molar-refractivity contribution in [3.8, 4) is 0 Å². The van der Waals surface area contributed by atoms with Gasteiger partial charge in [-0.1, -0.05) is 30.3 Å². The molecule has 1 N–H and O–H groups in total. The molecule has 0 bridgehead atoms. The number of hydrogen-bond acceptors (Lipinski definition) is 2. The third-order valence-electron chi connectivity index (χ3n) is 1.73. The number of hydrogen-bond donors (Lipinski definition) is 1. The summed E-state index contributed by atoms with van der Waals surface area (Å²) in [5.41, 5.74) is 1.17. The van der Waals surface area contributed by atoms with Gasteiger partial charge in [-0.2, -0.15) is 0 Å². The molecule has 0 aliphatic carbocycles. The van der Waals surface area contributed by atoms with Crippen LogP contribution in [0.2, 0.25) is 0 Å². The molecule has 0 amide bonds. The molecule has 3 heteroatoms. The van der Waals surface area contributed by atoms with Crippen LogP contribution >= 0.6 is 11.8 Å². The molecule has 1 atom stereocenters. The zero-order valence-corrected chi connectivity index (χ0v) is 8.25. The van der Waals surface area contributed by atoms with Crippen LogP contribution in [0.4, 0.5) is 0 Å². The Morgan fingerprint density at radius 1 is 1.46 bits per heavy atom. The molecule has 1 aromatic rings. The van der Waals surface area contributed by atoms with Crippen LogP contribution in [-0.4, -0.2) is 16.8 Å². The van der Waals surface area contributed by atoms with Crippen molar-refractivity contribution >= 4 is 17.7 Å². The molecular weight excluding hydrogens is 184 g/mol. The summed E-state index contributed by atoms with van der Waals surface area (Å²) in [5.74, 6) is -0.594. The van der Waals surface area contributed by atoms with Gasteiger partial charge in [0, 0.05) is 5.25 Å². The molecule has 0 aliphatic rings. The monoisotopic (exact) mass is 196 g/mol. The Hall–Kier alpha value is -0.960. The summed E-state index contributed by atoms with van der Waals surface area (Å²) in [6, 6.07) is 9.91. The van der Waals surface area contributed by atoms with E-state index in [0.717, 1.165) is 0 Å². The summed E-state index contributed by atoms with van der Waals surface area (Å²) < 4.78 is 0. The van der Waals surface area contributed by atoms with Crippen molar-refractivity contribution in [1.29, 1.82) is 0 Å². The second-order valence-corrected chi connectivity index (χ2v) is 4.09. The largest absolute Gasteiger partial charge is 0.481 e. The molecule has 1 rings (SSSR count). The van der Waals surface area contributed by atoms with Gasteiger partial charge in [-0.25, -0.2) is 0 Å². The van der Waals surface area contributed by atoms with Crippen molar-refractivity contribution in [2.45, 2.75) is 12.2 Å². The summed E-state index contributed by atoms with van der Waals surface area (Å²) in [5, 5.41) is 8.74. The first-order valence-corrected chi connectivity index (χ1v) is 5.13. The minimum atomic E-state index is -0.757. The van der Waals surface area contributed by atoms with Gasteiger partial charge in [-0.15, -0.1) is 11.8 Å². The molecule has 0 heterocycles. The first-order chi connectivity index (χ1) is 6.20. The van der Waals surface area contributed by atoms with E-state index in [1.807, 2.05) is 37.3 Å². The molecule has 0 aliphatic heterocycles. The van der Waals surface area contributed by atoms with E-state index < -0.39 is 5.97 Å². The second kappa shape index (κ2) is 4.92. The first-order valence-electron chi connectivity index (χ1n) is 4.08. The average Bonchev–Trinajstić information content (AvgIpc) is 2.15. The van der Waals surface area contributed by atoms with Crippen molar-refractivity contribution in [2.24, 2.45) is 0 Å². The topological polar surface area (TPSA) is 37.3 Å². The molecule has 0 saturated heterocycles. The van der Waals surface area contributed by atoms with E-state index in [2.05, 4.69) is 0 Å². The third-order valence-corrected chi connectivity index (χ3v) is 2.91. The van der Waals surface area contributed by atoms with Crippen LogP contribution in [0.3, 0.4) is 0 Å². The molecular formula is C10H12O2S. The maximum absolute atomic E-state index is 10.3. The Bertz CT molecular complexity index is 272. The van der Waals surface area contributed by atoms with Crippen LogP contribution in [0.15, 0.2) is 30.3 Å². The van der Waals surface area contributed by atoms with Crippen LogP contribution in [0, 0.1) is 0 Å². The third kappa shape index (κ3) is 3.51. The van der Waals surface area contributed by atoms with E-state index >= 15 is 0 Å². The smallest absolute Gasteiger partial charge is 0.313 e. The van der Waals surface area contributed by atoms with E-state index in [4.69, 9.17) is 5.11 Å².